The van der Waals surface area contributed by atoms with Crippen molar-refractivity contribution in [2.24, 2.45) is 0 Å². The maximum atomic E-state index is 11.2. The van der Waals surface area contributed by atoms with Gasteiger partial charge in [0.15, 0.2) is 0 Å². The van der Waals surface area contributed by atoms with Crippen LogP contribution in [0, 0.1) is 0 Å². The number of aliphatic hydroxyl groups excluding tert-OH is 1. The van der Waals surface area contributed by atoms with Gasteiger partial charge in [0.1, 0.15) is 6.10 Å². The molecule has 1 amide bonds. The molecule has 0 saturated carbocycles. The second kappa shape index (κ2) is 5.87. The largest absolute Gasteiger partial charge is 0.453 e. The van der Waals surface area contributed by atoms with Crippen molar-refractivity contribution in [3.05, 3.63) is 59.7 Å². The highest BCUT2D eigenvalue weighted by molar-refractivity contribution is 5.86. The van der Waals surface area contributed by atoms with Crippen molar-refractivity contribution < 1.29 is 14.6 Å². The van der Waals surface area contributed by atoms with Gasteiger partial charge in [-0.3, -0.25) is 5.32 Å². The molecule has 1 aromatic heterocycles. The number of nitrogens with one attached hydrogen (secondary N) is 2. The van der Waals surface area contributed by atoms with E-state index in [-0.39, 0.29) is 0 Å². The molecule has 112 valence electrons. The van der Waals surface area contributed by atoms with Crippen LogP contribution in [-0.4, -0.2) is 28.3 Å². The van der Waals surface area contributed by atoms with E-state index in [1.807, 2.05) is 42.5 Å². The van der Waals surface area contributed by atoms with Gasteiger partial charge in [0, 0.05) is 0 Å². The second-order valence-corrected chi connectivity index (χ2v) is 4.79. The van der Waals surface area contributed by atoms with E-state index >= 15 is 0 Å². The van der Waals surface area contributed by atoms with Gasteiger partial charge in [-0.1, -0.05) is 36.4 Å². The molecular formula is C16H15N3O3. The third-order valence-electron chi connectivity index (χ3n) is 3.34. The van der Waals surface area contributed by atoms with Crippen LogP contribution in [0.3, 0.4) is 0 Å². The van der Waals surface area contributed by atoms with E-state index in [1.54, 1.807) is 6.07 Å². The molecule has 6 heteroatoms. The summed E-state index contributed by atoms with van der Waals surface area (Å²) in [6.07, 6.45) is -1.31. The van der Waals surface area contributed by atoms with Crippen molar-refractivity contribution in [2.45, 2.75) is 6.10 Å². The number of fused-ring (bicyclic) bond motifs is 1. The Kier molecular flexibility index (Phi) is 3.76. The highest BCUT2D eigenvalue weighted by atomic mass is 16.5. The number of hydrogen-bond donors (Lipinski definition) is 3. The van der Waals surface area contributed by atoms with E-state index in [0.29, 0.717) is 11.5 Å². The van der Waals surface area contributed by atoms with Crippen LogP contribution in [0.2, 0.25) is 0 Å². The van der Waals surface area contributed by atoms with E-state index in [2.05, 4.69) is 20.0 Å². The van der Waals surface area contributed by atoms with Crippen LogP contribution >= 0.6 is 0 Å². The molecular weight excluding hydrogens is 282 g/mol. The number of aliphatic hydroxyl groups is 1. The lowest BCUT2D eigenvalue weighted by molar-refractivity contribution is 0.186. The Morgan fingerprint density at radius 3 is 2.73 bits per heavy atom. The highest BCUT2D eigenvalue weighted by Gasteiger charge is 2.12. The summed E-state index contributed by atoms with van der Waals surface area (Å²) in [6.45, 7) is 0. The number of amides is 1. The summed E-state index contributed by atoms with van der Waals surface area (Å²) < 4.78 is 4.52. The summed E-state index contributed by atoms with van der Waals surface area (Å²) in [5.41, 5.74) is 2.97. The normalized spacial score (nSPS) is 12.1. The summed E-state index contributed by atoms with van der Waals surface area (Å²) in [5.74, 6) is 0.299. The van der Waals surface area contributed by atoms with E-state index in [9.17, 15) is 9.90 Å². The number of nitrogens with zero attached hydrogens (tertiary/aromatic N) is 1. The van der Waals surface area contributed by atoms with Gasteiger partial charge >= 0.3 is 6.09 Å². The summed E-state index contributed by atoms with van der Waals surface area (Å²) in [6, 6.07) is 14.8. The molecule has 2 aromatic carbocycles. The minimum absolute atomic E-state index is 0.299. The number of H-pyrrole nitrogens is 1. The van der Waals surface area contributed by atoms with Crippen molar-refractivity contribution in [1.82, 2.24) is 9.97 Å². The summed E-state index contributed by atoms with van der Waals surface area (Å²) >= 11 is 0. The first-order chi connectivity index (χ1) is 10.7. The third-order valence-corrected chi connectivity index (χ3v) is 3.34. The lowest BCUT2D eigenvalue weighted by atomic mass is 10.0. The van der Waals surface area contributed by atoms with Crippen LogP contribution in [-0.2, 0) is 4.74 Å². The third kappa shape index (κ3) is 2.77. The van der Waals surface area contributed by atoms with Crippen molar-refractivity contribution in [2.75, 3.05) is 12.4 Å². The maximum Gasteiger partial charge on any atom is 0.413 e. The molecule has 22 heavy (non-hydrogen) atoms. The number of ether oxygens (including phenoxy) is 1. The Labute approximate surface area is 126 Å². The van der Waals surface area contributed by atoms with Crippen LogP contribution in [0.15, 0.2) is 48.5 Å². The molecule has 0 bridgehead atoms. The van der Waals surface area contributed by atoms with Crippen molar-refractivity contribution in [3.63, 3.8) is 0 Å². The Bertz CT molecular complexity index is 799. The molecule has 1 atom stereocenters. The Hall–Kier alpha value is -2.86. The van der Waals surface area contributed by atoms with Gasteiger partial charge in [0.05, 0.1) is 18.1 Å². The predicted octanol–water partition coefficient (Wildman–Crippen LogP) is 2.82. The van der Waals surface area contributed by atoms with E-state index in [4.69, 9.17) is 0 Å². The molecule has 3 rings (SSSR count). The van der Waals surface area contributed by atoms with Crippen LogP contribution < -0.4 is 5.32 Å². The fourth-order valence-corrected chi connectivity index (χ4v) is 2.23. The monoisotopic (exact) mass is 297 g/mol. The number of aromatic amines is 1. The molecule has 0 aliphatic rings. The summed E-state index contributed by atoms with van der Waals surface area (Å²) in [7, 11) is 1.28. The summed E-state index contributed by atoms with van der Waals surface area (Å²) in [4.78, 5) is 18.4. The van der Waals surface area contributed by atoms with Gasteiger partial charge in [-0.2, -0.15) is 0 Å². The van der Waals surface area contributed by atoms with Gasteiger partial charge in [0.25, 0.3) is 0 Å². The SMILES string of the molecule is COC(=O)Nc1nc2ccc([C@H](O)c3ccccc3)cc2[nH]1. The molecule has 0 fully saturated rings. The number of methoxy groups -OCH3 is 1. The summed E-state index contributed by atoms with van der Waals surface area (Å²) in [5, 5.41) is 12.9. The molecule has 0 radical (unpaired) electrons. The number of aromatic nitrogens is 2. The fourth-order valence-electron chi connectivity index (χ4n) is 2.23. The molecule has 0 spiro atoms. The van der Waals surface area contributed by atoms with Crippen LogP contribution in [0.25, 0.3) is 11.0 Å². The number of carbonyl (C=O) groups is 1. The Morgan fingerprint density at radius 2 is 2.00 bits per heavy atom. The average Bonchev–Trinajstić information content (AvgIpc) is 2.96. The number of rotatable bonds is 3. The minimum atomic E-state index is -0.717. The number of benzene rings is 2. The zero-order chi connectivity index (χ0) is 15.5. The molecule has 0 saturated heterocycles. The number of hydrogen-bond acceptors (Lipinski definition) is 4. The molecule has 6 nitrogen and oxygen atoms in total. The van der Waals surface area contributed by atoms with Crippen molar-refractivity contribution in [3.8, 4) is 0 Å². The van der Waals surface area contributed by atoms with Crippen LogP contribution in [0.1, 0.15) is 17.2 Å². The molecule has 3 aromatic rings. The average molecular weight is 297 g/mol. The highest BCUT2D eigenvalue weighted by Crippen LogP contribution is 2.25. The molecule has 0 aliphatic carbocycles. The van der Waals surface area contributed by atoms with Gasteiger partial charge in [0.2, 0.25) is 5.95 Å². The maximum absolute atomic E-state index is 11.2. The van der Waals surface area contributed by atoms with E-state index in [0.717, 1.165) is 16.6 Å². The van der Waals surface area contributed by atoms with Crippen molar-refractivity contribution >= 4 is 23.1 Å². The zero-order valence-corrected chi connectivity index (χ0v) is 11.9. The molecule has 0 aliphatic heterocycles. The first-order valence-electron chi connectivity index (χ1n) is 6.75. The standard InChI is InChI=1S/C16H15N3O3/c1-22-16(21)19-15-17-12-8-7-11(9-13(12)18-15)14(20)10-5-3-2-4-6-10/h2-9,14,20H,1H3,(H2,17,18,19,21)/t14-/m1/s1. The fraction of sp³-hybridized carbons (Fsp3) is 0.125. The lowest BCUT2D eigenvalue weighted by Gasteiger charge is -2.11. The predicted molar refractivity (Wildman–Crippen MR) is 82.6 cm³/mol. The zero-order valence-electron chi connectivity index (χ0n) is 11.9. The van der Waals surface area contributed by atoms with Gasteiger partial charge in [-0.05, 0) is 23.3 Å². The first kappa shape index (κ1) is 14.1. The van der Waals surface area contributed by atoms with Gasteiger partial charge in [-0.15, -0.1) is 0 Å². The number of imidazole rings is 1. The molecule has 1 heterocycles. The second-order valence-electron chi connectivity index (χ2n) is 4.79. The molecule has 3 N–H and O–H groups in total. The lowest BCUT2D eigenvalue weighted by Crippen LogP contribution is -2.11. The molecule has 0 unspecified atom stereocenters. The number of anilines is 1. The van der Waals surface area contributed by atoms with E-state index < -0.39 is 12.2 Å². The van der Waals surface area contributed by atoms with Gasteiger partial charge in [-0.25, -0.2) is 9.78 Å². The number of carbonyl (C=O) groups excluding carboxylic acids is 1. The van der Waals surface area contributed by atoms with Crippen molar-refractivity contribution in [1.29, 1.82) is 0 Å². The van der Waals surface area contributed by atoms with Crippen LogP contribution in [0.5, 0.6) is 0 Å². The van der Waals surface area contributed by atoms with Gasteiger partial charge < -0.3 is 14.8 Å². The Balaban J connectivity index is 1.91. The Morgan fingerprint density at radius 1 is 1.23 bits per heavy atom. The quantitative estimate of drug-likeness (QED) is 0.693. The van der Waals surface area contributed by atoms with E-state index in [1.165, 1.54) is 7.11 Å². The minimum Gasteiger partial charge on any atom is -0.453 e. The topological polar surface area (TPSA) is 87.2 Å². The van der Waals surface area contributed by atoms with Crippen LogP contribution in [0.4, 0.5) is 10.7 Å². The smallest absolute Gasteiger partial charge is 0.413 e. The first-order valence-corrected chi connectivity index (χ1v) is 6.75.